The van der Waals surface area contributed by atoms with Crippen molar-refractivity contribution >= 4 is 133 Å². The molecule has 0 aliphatic carbocycles. The monoisotopic (exact) mass is 2320 g/mol. The van der Waals surface area contributed by atoms with Gasteiger partial charge in [-0.05, 0) is 160 Å². The number of ether oxygens (including phenoxy) is 3. The molecular weight excluding hydrogens is 2230 g/mol. The second-order valence-electron chi connectivity index (χ2n) is 34.0. The van der Waals surface area contributed by atoms with Gasteiger partial charge in [0.2, 0.25) is 17.6 Å². The number of hydrogen-bond acceptors (Lipinski definition) is 12. The van der Waals surface area contributed by atoms with Gasteiger partial charge in [-0.3, -0.25) is 15.0 Å². The number of hydrogen-bond donors (Lipinski definition) is 0. The first-order chi connectivity index (χ1) is 65.8. The first-order valence-corrected chi connectivity index (χ1v) is 45.1. The molecule has 9 heterocycles. The number of nitrogens with zero attached hydrogens (tertiary/aromatic N) is 12. The number of imidazole rings is 3. The second-order valence-corrected chi connectivity index (χ2v) is 34.0. The third-order valence-corrected chi connectivity index (χ3v) is 24.3. The molecule has 0 aliphatic rings. The zero-order valence-corrected chi connectivity index (χ0v) is 83.0. The van der Waals surface area contributed by atoms with Gasteiger partial charge in [-0.1, -0.05) is 255 Å². The molecule has 0 aliphatic heterocycles. The largest absolute Gasteiger partial charge is 2.00 e. The van der Waals surface area contributed by atoms with Crippen LogP contribution in [0, 0.1) is 50.2 Å². The van der Waals surface area contributed by atoms with Crippen LogP contribution in [0.1, 0.15) is 87.2 Å². The average molecular weight is 2320 g/mol. The Morgan fingerprint density at radius 2 is 0.562 bits per heavy atom. The van der Waals surface area contributed by atoms with E-state index in [-0.39, 0.29) is 63.2 Å². The molecule has 15 nitrogen and oxygen atoms in total. The van der Waals surface area contributed by atoms with E-state index in [9.17, 15) is 0 Å². The van der Waals surface area contributed by atoms with E-state index in [1.165, 1.54) is 44.5 Å². The number of para-hydroxylation sites is 6. The van der Waals surface area contributed by atoms with Crippen LogP contribution in [0.4, 0.5) is 51.2 Å². The average Bonchev–Trinajstić information content (AvgIpc) is 1.66. The van der Waals surface area contributed by atoms with Crippen molar-refractivity contribution in [2.45, 2.75) is 73.1 Å². The molecule has 0 spiro atoms. The molecule has 0 radical (unpaired) electrons. The summed E-state index contributed by atoms with van der Waals surface area (Å²) < 4.78 is 25.1. The van der Waals surface area contributed by atoms with Crippen LogP contribution in [-0.4, -0.2) is 43.1 Å². The summed E-state index contributed by atoms with van der Waals surface area (Å²) in [4.78, 5) is 34.5. The van der Waals surface area contributed by atoms with E-state index in [0.29, 0.717) is 52.6 Å². The zero-order valence-electron chi connectivity index (χ0n) is 76.1. The summed E-state index contributed by atoms with van der Waals surface area (Å²) in [7, 11) is 0. The SMILES string of the molecule is CC(C)c1cccc(C(C)C)c1-c1cnc2c3[c-]c(N(c4[c-]c(Oc5ccccn5)ccc4)c4ccccc4)ccc3c3ccccc3n12.CC(C)c1cnc2c3[c-]c(N(c4[c-]c(Oc5ccccn5)ccc4)c4ccccc4)ccc3c3ccccc3n12.Cc1cccc(C)c1-c1cnc2c3[c-]c(N(c4[c-]c(Oc5ccccn5)ccc4)c4ccccc4)ccc3c3ccccc3n12.[Pt+2].[Pt+2].[Pt+2]. The Hall–Kier alpha value is -15.0. The molecule has 23 aromatic rings. The molecule has 0 N–H and O–H groups in total. The van der Waals surface area contributed by atoms with Crippen LogP contribution < -0.4 is 28.9 Å². The molecule has 674 valence electrons. The second kappa shape index (κ2) is 40.7. The Labute approximate surface area is 839 Å². The summed E-state index contributed by atoms with van der Waals surface area (Å²) in [5, 5.41) is 9.70. The summed E-state index contributed by atoms with van der Waals surface area (Å²) in [6.07, 6.45) is 11.2. The topological polar surface area (TPSA) is 128 Å². The maximum atomic E-state index is 6.10. The molecule has 0 unspecified atom stereocenters. The number of anilines is 9. The number of pyridine rings is 6. The van der Waals surface area contributed by atoms with Crippen LogP contribution >= 0.6 is 0 Å². The van der Waals surface area contributed by atoms with Gasteiger partial charge in [0.1, 0.15) is 0 Å². The van der Waals surface area contributed by atoms with Gasteiger partial charge >= 0.3 is 63.2 Å². The molecule has 0 saturated heterocycles. The maximum absolute atomic E-state index is 6.10. The van der Waals surface area contributed by atoms with Crippen LogP contribution in [0.15, 0.2) is 383 Å². The zero-order chi connectivity index (χ0) is 90.9. The molecule has 18 heteroatoms. The molecule has 0 fully saturated rings. The molecule has 0 amide bonds. The number of fused-ring (bicyclic) bond motifs is 18. The molecular formula is C119H90N12O3Pt3. The quantitative estimate of drug-likeness (QED) is 0.0532. The van der Waals surface area contributed by atoms with Gasteiger partial charge < -0.3 is 42.1 Å². The van der Waals surface area contributed by atoms with Crippen LogP contribution in [0.3, 0.4) is 0 Å². The smallest absolute Gasteiger partial charge is 0.466 e. The summed E-state index contributed by atoms with van der Waals surface area (Å²) >= 11 is 0. The number of rotatable bonds is 20. The predicted molar refractivity (Wildman–Crippen MR) is 543 cm³/mol. The van der Waals surface area contributed by atoms with Crippen molar-refractivity contribution in [2.24, 2.45) is 0 Å². The Morgan fingerprint density at radius 3 is 0.912 bits per heavy atom. The van der Waals surface area contributed by atoms with Gasteiger partial charge in [0.25, 0.3) is 0 Å². The first kappa shape index (κ1) is 92.5. The van der Waals surface area contributed by atoms with E-state index in [0.717, 1.165) is 139 Å². The van der Waals surface area contributed by atoms with Crippen molar-refractivity contribution in [2.75, 3.05) is 14.7 Å². The molecule has 0 atom stereocenters. The van der Waals surface area contributed by atoms with Gasteiger partial charge in [-0.15, -0.1) is 109 Å². The van der Waals surface area contributed by atoms with Gasteiger partial charge in [0, 0.05) is 123 Å². The van der Waals surface area contributed by atoms with Crippen LogP contribution in [0.2, 0.25) is 0 Å². The van der Waals surface area contributed by atoms with Gasteiger partial charge in [0.15, 0.2) is 0 Å². The molecule has 0 saturated carbocycles. The van der Waals surface area contributed by atoms with Crippen LogP contribution in [0.25, 0.3) is 104 Å². The minimum absolute atomic E-state index is 0. The summed E-state index contributed by atoms with van der Waals surface area (Å²) in [6.45, 7) is 17.8. The van der Waals surface area contributed by atoms with E-state index in [4.69, 9.17) is 29.2 Å². The molecule has 23 rings (SSSR count). The van der Waals surface area contributed by atoms with E-state index in [1.807, 2.05) is 176 Å². The third-order valence-electron chi connectivity index (χ3n) is 24.3. The van der Waals surface area contributed by atoms with E-state index in [2.05, 4.69) is 323 Å². The molecule has 9 aromatic heterocycles. The number of aromatic nitrogens is 9. The van der Waals surface area contributed by atoms with Crippen molar-refractivity contribution in [1.29, 1.82) is 0 Å². The minimum atomic E-state index is 0. The fraction of sp³-hybridized carbons (Fsp3) is 0.0924. The Balaban J connectivity index is 0.000000136. The summed E-state index contributed by atoms with van der Waals surface area (Å²) in [5.41, 5.74) is 25.0. The van der Waals surface area contributed by atoms with Crippen molar-refractivity contribution in [3.8, 4) is 57.4 Å². The van der Waals surface area contributed by atoms with Crippen LogP contribution in [0.5, 0.6) is 34.9 Å². The molecule has 0 bridgehead atoms. The van der Waals surface area contributed by atoms with E-state index >= 15 is 0 Å². The Morgan fingerprint density at radius 1 is 0.255 bits per heavy atom. The summed E-state index contributed by atoms with van der Waals surface area (Å²) in [6, 6.07) is 139. The first-order valence-electron chi connectivity index (χ1n) is 45.1. The standard InChI is InChI=1S/C44H36N4O.C40H28N4O.C35H26N4O.3Pt/c1-29(2)35-19-13-20-36(30(3)4)43(35)41-28-46-44-39-27-33(23-24-37(39)38-18-8-9-21-40(38)48(41)44)47(31-14-6-5-7-15-31)32-16-12-17-34(26-32)49-42-22-10-11-25-45-42;1-27-12-10-13-28(2)39(27)37-26-42-40-35-25-31(21-22-33(35)34-18-6-7-19-36(34)44(37)40)43(29-14-4-3-5-15-29)30-16-11-17-32(24-30)45-38-20-8-9-23-41-38;1-24(2)33-23-37-35-31-22-27(18-19-29(31)30-15-6-7-16-32(30)39(33)35)38(25-11-4-3-5-12-25)26-13-10-14-28(21-26)40-34-17-8-9-20-36-34;;;/h5-25,28-30H,1-4H3;3-23,26H,1-2H3;3-20,23-24H,1-2H3;;;/q3*-2;3*+2. The normalized spacial score (nSPS) is 11.2. The minimum Gasteiger partial charge on any atom is -0.466 e. The van der Waals surface area contributed by atoms with Crippen LogP contribution in [-0.2, 0) is 63.2 Å². The van der Waals surface area contributed by atoms with E-state index in [1.54, 1.807) is 18.6 Å². The fourth-order valence-electron chi connectivity index (χ4n) is 18.3. The van der Waals surface area contributed by atoms with Gasteiger partial charge in [-0.2, -0.15) is 18.2 Å². The molecule has 137 heavy (non-hydrogen) atoms. The van der Waals surface area contributed by atoms with E-state index < -0.39 is 0 Å². The Kier molecular flexibility index (Phi) is 27.5. The van der Waals surface area contributed by atoms with Gasteiger partial charge in [0.05, 0.1) is 28.3 Å². The van der Waals surface area contributed by atoms with Crippen molar-refractivity contribution in [3.63, 3.8) is 0 Å². The number of aryl methyl sites for hydroxylation is 2. The fourth-order valence-corrected chi connectivity index (χ4v) is 18.3. The summed E-state index contributed by atoms with van der Waals surface area (Å²) in [5.74, 6) is 4.34. The predicted octanol–water partition coefficient (Wildman–Crippen LogP) is 31.0. The number of benzene rings is 14. The van der Waals surface area contributed by atoms with Crippen molar-refractivity contribution in [3.05, 3.63) is 447 Å². The van der Waals surface area contributed by atoms with Gasteiger partial charge in [-0.25, -0.2) is 15.0 Å². The third kappa shape index (κ3) is 18.3. The van der Waals surface area contributed by atoms with Crippen molar-refractivity contribution in [1.82, 2.24) is 43.1 Å². The Bertz CT molecular complexity index is 8230. The molecule has 14 aromatic carbocycles. The van der Waals surface area contributed by atoms with Crippen molar-refractivity contribution < 1.29 is 77.4 Å². The maximum Gasteiger partial charge on any atom is 2.00 e.